The first-order chi connectivity index (χ1) is 9.70. The van der Waals surface area contributed by atoms with E-state index in [-0.39, 0.29) is 6.10 Å². The molecule has 1 aromatic carbocycles. The molecule has 0 saturated carbocycles. The molecule has 2 aromatic rings. The third kappa shape index (κ3) is 3.11. The molecule has 6 heteroatoms. The summed E-state index contributed by atoms with van der Waals surface area (Å²) in [6, 6.07) is 5.20. The van der Waals surface area contributed by atoms with Gasteiger partial charge in [-0.15, -0.1) is 0 Å². The summed E-state index contributed by atoms with van der Waals surface area (Å²) >= 11 is 5.97. The smallest absolute Gasteiger partial charge is 0.258 e. The number of ether oxygens (including phenoxy) is 1. The van der Waals surface area contributed by atoms with E-state index in [9.17, 15) is 0 Å². The van der Waals surface area contributed by atoms with Gasteiger partial charge in [0.05, 0.1) is 6.10 Å². The summed E-state index contributed by atoms with van der Waals surface area (Å²) < 4.78 is 10.9. The summed E-state index contributed by atoms with van der Waals surface area (Å²) in [5.74, 6) is 1.09. The van der Waals surface area contributed by atoms with Gasteiger partial charge in [0.2, 0.25) is 0 Å². The second-order valence-corrected chi connectivity index (χ2v) is 5.42. The van der Waals surface area contributed by atoms with Crippen LogP contribution in [-0.4, -0.2) is 22.9 Å². The van der Waals surface area contributed by atoms with Gasteiger partial charge in [-0.3, -0.25) is 0 Å². The van der Waals surface area contributed by atoms with Crippen LogP contribution < -0.4 is 5.73 Å². The molecule has 1 unspecified atom stereocenters. The highest BCUT2D eigenvalue weighted by molar-refractivity contribution is 6.31. The molecule has 2 N–H and O–H groups in total. The summed E-state index contributed by atoms with van der Waals surface area (Å²) in [4.78, 5) is 4.38. The molecule has 0 radical (unpaired) electrons. The van der Waals surface area contributed by atoms with Crippen molar-refractivity contribution in [1.29, 1.82) is 0 Å². The molecule has 1 aliphatic heterocycles. The van der Waals surface area contributed by atoms with Gasteiger partial charge >= 0.3 is 0 Å². The normalized spacial score (nSPS) is 19.1. The molecule has 1 fully saturated rings. The Morgan fingerprint density at radius 3 is 2.95 bits per heavy atom. The minimum atomic E-state index is 0.193. The van der Waals surface area contributed by atoms with Crippen LogP contribution >= 0.6 is 11.6 Å². The Morgan fingerprint density at radius 1 is 1.30 bits per heavy atom. The fraction of sp³-hybridized carbons (Fsp3) is 0.429. The second-order valence-electron chi connectivity index (χ2n) is 4.98. The molecule has 1 aromatic heterocycles. The third-order valence-electron chi connectivity index (χ3n) is 3.32. The highest BCUT2D eigenvalue weighted by atomic mass is 35.5. The van der Waals surface area contributed by atoms with Crippen molar-refractivity contribution in [3.8, 4) is 11.5 Å². The zero-order chi connectivity index (χ0) is 13.9. The molecule has 0 amide bonds. The zero-order valence-electron chi connectivity index (χ0n) is 11.0. The van der Waals surface area contributed by atoms with Crippen LogP contribution in [0.1, 0.15) is 25.1 Å². The molecule has 0 bridgehead atoms. The van der Waals surface area contributed by atoms with E-state index in [1.165, 1.54) is 6.42 Å². The van der Waals surface area contributed by atoms with Crippen LogP contribution in [0.3, 0.4) is 0 Å². The number of nitrogen functional groups attached to an aromatic ring is 1. The van der Waals surface area contributed by atoms with Gasteiger partial charge < -0.3 is 15.0 Å². The van der Waals surface area contributed by atoms with Crippen LogP contribution in [0.4, 0.5) is 5.69 Å². The molecule has 0 spiro atoms. The Hall–Kier alpha value is -1.59. The quantitative estimate of drug-likeness (QED) is 0.880. The maximum absolute atomic E-state index is 5.97. The summed E-state index contributed by atoms with van der Waals surface area (Å²) in [7, 11) is 0. The summed E-state index contributed by atoms with van der Waals surface area (Å²) in [6.07, 6.45) is 4.25. The molecule has 5 nitrogen and oxygen atoms in total. The van der Waals surface area contributed by atoms with Crippen molar-refractivity contribution >= 4 is 17.3 Å². The fourth-order valence-electron chi connectivity index (χ4n) is 2.36. The molecule has 106 valence electrons. The molecule has 2 heterocycles. The van der Waals surface area contributed by atoms with E-state index in [2.05, 4.69) is 10.1 Å². The Bertz CT molecular complexity index is 574. The fourth-order valence-corrected chi connectivity index (χ4v) is 2.61. The van der Waals surface area contributed by atoms with Gasteiger partial charge in [-0.2, -0.15) is 4.98 Å². The number of nitrogens with two attached hydrogens (primary N) is 1. The molecule has 1 atom stereocenters. The van der Waals surface area contributed by atoms with Crippen LogP contribution in [0.15, 0.2) is 22.7 Å². The third-order valence-corrected chi connectivity index (χ3v) is 3.54. The first kappa shape index (κ1) is 13.4. The lowest BCUT2D eigenvalue weighted by Gasteiger charge is -2.20. The molecule has 0 aliphatic carbocycles. The molecular formula is C14H16ClN3O2. The van der Waals surface area contributed by atoms with Crippen molar-refractivity contribution < 1.29 is 9.26 Å². The van der Waals surface area contributed by atoms with E-state index < -0.39 is 0 Å². The van der Waals surface area contributed by atoms with Gasteiger partial charge in [0.1, 0.15) is 0 Å². The maximum atomic E-state index is 5.97. The lowest BCUT2D eigenvalue weighted by molar-refractivity contribution is 0.0153. The maximum Gasteiger partial charge on any atom is 0.258 e. The monoisotopic (exact) mass is 293 g/mol. The first-order valence-corrected chi connectivity index (χ1v) is 7.09. The summed E-state index contributed by atoms with van der Waals surface area (Å²) in [5.41, 5.74) is 7.07. The Morgan fingerprint density at radius 2 is 2.20 bits per heavy atom. The lowest BCUT2D eigenvalue weighted by atomic mass is 10.1. The molecule has 20 heavy (non-hydrogen) atoms. The largest absolute Gasteiger partial charge is 0.399 e. The molecule has 3 rings (SSSR count). The van der Waals surface area contributed by atoms with E-state index in [4.69, 9.17) is 26.6 Å². The van der Waals surface area contributed by atoms with Crippen LogP contribution in [0.25, 0.3) is 11.5 Å². The second kappa shape index (κ2) is 5.81. The number of hydrogen-bond acceptors (Lipinski definition) is 5. The summed E-state index contributed by atoms with van der Waals surface area (Å²) in [6.45, 7) is 0.820. The Balaban J connectivity index is 1.75. The van der Waals surface area contributed by atoms with Crippen molar-refractivity contribution in [2.45, 2.75) is 31.8 Å². The van der Waals surface area contributed by atoms with E-state index in [0.29, 0.717) is 28.8 Å². The van der Waals surface area contributed by atoms with E-state index in [1.807, 2.05) is 0 Å². The van der Waals surface area contributed by atoms with E-state index in [1.54, 1.807) is 18.2 Å². The van der Waals surface area contributed by atoms with Crippen LogP contribution in [0.5, 0.6) is 0 Å². The van der Waals surface area contributed by atoms with Gasteiger partial charge in [0.25, 0.3) is 5.89 Å². The van der Waals surface area contributed by atoms with Gasteiger partial charge in [-0.25, -0.2) is 0 Å². The van der Waals surface area contributed by atoms with Gasteiger partial charge in [0.15, 0.2) is 5.82 Å². The van der Waals surface area contributed by atoms with Gasteiger partial charge in [0, 0.05) is 29.3 Å². The van der Waals surface area contributed by atoms with Crippen molar-refractivity contribution in [2.75, 3.05) is 12.3 Å². The Labute approximate surface area is 122 Å². The van der Waals surface area contributed by atoms with Gasteiger partial charge in [-0.1, -0.05) is 16.8 Å². The average Bonchev–Trinajstić information content (AvgIpc) is 2.87. The Kier molecular flexibility index (Phi) is 3.89. The topological polar surface area (TPSA) is 74.2 Å². The predicted octanol–water partition coefficient (Wildman–Crippen LogP) is 3.08. The SMILES string of the molecule is Nc1cc(Cl)cc(-c2nc(CC3CCCCO3)no2)c1. The van der Waals surface area contributed by atoms with E-state index >= 15 is 0 Å². The minimum Gasteiger partial charge on any atom is -0.399 e. The first-order valence-electron chi connectivity index (χ1n) is 6.71. The van der Waals surface area contributed by atoms with Crippen molar-refractivity contribution in [1.82, 2.24) is 10.1 Å². The van der Waals surface area contributed by atoms with Crippen molar-refractivity contribution in [3.05, 3.63) is 29.0 Å². The number of hydrogen-bond donors (Lipinski definition) is 1. The molecule has 1 saturated heterocycles. The van der Waals surface area contributed by atoms with Crippen LogP contribution in [0.2, 0.25) is 5.02 Å². The summed E-state index contributed by atoms with van der Waals surface area (Å²) in [5, 5.41) is 4.55. The number of rotatable bonds is 3. The van der Waals surface area contributed by atoms with E-state index in [0.717, 1.165) is 25.0 Å². The number of benzene rings is 1. The highest BCUT2D eigenvalue weighted by Gasteiger charge is 2.18. The zero-order valence-corrected chi connectivity index (χ0v) is 11.8. The van der Waals surface area contributed by atoms with Gasteiger partial charge in [-0.05, 0) is 37.5 Å². The minimum absolute atomic E-state index is 0.193. The number of nitrogens with zero attached hydrogens (tertiary/aromatic N) is 2. The number of halogens is 1. The highest BCUT2D eigenvalue weighted by Crippen LogP contribution is 2.25. The van der Waals surface area contributed by atoms with Crippen LogP contribution in [-0.2, 0) is 11.2 Å². The number of aromatic nitrogens is 2. The van der Waals surface area contributed by atoms with Crippen molar-refractivity contribution in [2.24, 2.45) is 0 Å². The standard InChI is InChI=1S/C14H16ClN3O2/c15-10-5-9(6-11(16)7-10)14-17-13(18-20-14)8-12-3-1-2-4-19-12/h5-7,12H,1-4,8,16H2. The lowest BCUT2D eigenvalue weighted by Crippen LogP contribution is -2.21. The predicted molar refractivity (Wildman–Crippen MR) is 76.5 cm³/mol. The molecule has 1 aliphatic rings. The van der Waals surface area contributed by atoms with Crippen molar-refractivity contribution in [3.63, 3.8) is 0 Å². The van der Waals surface area contributed by atoms with Crippen LogP contribution in [0, 0.1) is 0 Å². The number of anilines is 1. The average molecular weight is 294 g/mol. The molecular weight excluding hydrogens is 278 g/mol.